The van der Waals surface area contributed by atoms with E-state index in [4.69, 9.17) is 69.6 Å². The smallest absolute Gasteiger partial charge is 0.330 e. The lowest BCUT2D eigenvalue weighted by atomic mass is 9.84. The number of nitrogens with zero attached hydrogens (tertiary/aromatic N) is 1. The van der Waals surface area contributed by atoms with Gasteiger partial charge >= 0.3 is 5.97 Å². The van der Waals surface area contributed by atoms with E-state index in [9.17, 15) is 14.4 Å². The van der Waals surface area contributed by atoms with Crippen molar-refractivity contribution >= 4 is 87.4 Å². The highest BCUT2D eigenvalue weighted by Gasteiger charge is 2.88. The predicted octanol–water partition coefficient (Wildman–Crippen LogP) is 2.91. The van der Waals surface area contributed by atoms with Gasteiger partial charge < -0.3 is 4.84 Å². The van der Waals surface area contributed by atoms with Crippen molar-refractivity contribution in [3.63, 3.8) is 0 Å². The summed E-state index contributed by atoms with van der Waals surface area (Å²) in [6.45, 7) is 1.03. The molecule has 0 aromatic carbocycles. The van der Waals surface area contributed by atoms with E-state index in [0.717, 1.165) is 6.92 Å². The van der Waals surface area contributed by atoms with E-state index in [-0.39, 0.29) is 10.1 Å². The number of fused-ring (bicyclic) bond motifs is 5. The number of carbonyl (C=O) groups excluding carboxylic acids is 3. The average molecular weight is 428 g/mol. The third-order valence-corrected chi connectivity index (χ3v) is 8.35. The molecule has 5 nitrogen and oxygen atoms in total. The SMILES string of the molecule is CC(=O)ON1C(=O)C2C(C1=O)C1(Cl)C(Cl)=C(Cl)C2(Cl)C1(Cl)Cl. The zero-order chi connectivity index (χ0) is 16.8. The molecular formula is C11H5Cl6NO4. The minimum absolute atomic E-state index is 0.206. The highest BCUT2D eigenvalue weighted by Crippen LogP contribution is 2.77. The molecule has 1 aliphatic heterocycles. The van der Waals surface area contributed by atoms with Crippen LogP contribution >= 0.6 is 69.6 Å². The summed E-state index contributed by atoms with van der Waals surface area (Å²) in [6.07, 6.45) is 0. The number of halogens is 6. The van der Waals surface area contributed by atoms with Gasteiger partial charge in [-0.15, -0.1) is 28.3 Å². The van der Waals surface area contributed by atoms with Gasteiger partial charge in [-0.3, -0.25) is 9.59 Å². The van der Waals surface area contributed by atoms with Gasteiger partial charge in [-0.25, -0.2) is 4.79 Å². The van der Waals surface area contributed by atoms with Crippen molar-refractivity contribution in [1.82, 2.24) is 5.06 Å². The van der Waals surface area contributed by atoms with Gasteiger partial charge in [0.25, 0.3) is 11.8 Å². The number of allylic oxidation sites excluding steroid dienone is 2. The Balaban J connectivity index is 2.21. The molecule has 3 rings (SSSR count). The fourth-order valence-electron chi connectivity index (χ4n) is 3.19. The Labute approximate surface area is 154 Å². The number of imide groups is 1. The number of carbonyl (C=O) groups is 3. The maximum absolute atomic E-state index is 12.5. The van der Waals surface area contributed by atoms with Crippen molar-refractivity contribution in [2.24, 2.45) is 11.8 Å². The Morgan fingerprint density at radius 3 is 1.68 bits per heavy atom. The van der Waals surface area contributed by atoms with Crippen LogP contribution in [0.2, 0.25) is 0 Å². The molecule has 11 heteroatoms. The average Bonchev–Trinajstić information content (AvgIpc) is 2.78. The van der Waals surface area contributed by atoms with Gasteiger partial charge in [0.15, 0.2) is 4.33 Å². The quantitative estimate of drug-likeness (QED) is 0.477. The number of amides is 2. The zero-order valence-corrected chi connectivity index (χ0v) is 15.0. The first-order chi connectivity index (χ1) is 9.94. The molecule has 2 fully saturated rings. The van der Waals surface area contributed by atoms with Gasteiger partial charge in [0.1, 0.15) is 9.75 Å². The van der Waals surface area contributed by atoms with Gasteiger partial charge in [0.2, 0.25) is 0 Å². The zero-order valence-electron chi connectivity index (χ0n) is 10.5. The normalized spacial score (nSPS) is 42.2. The van der Waals surface area contributed by atoms with E-state index in [2.05, 4.69) is 4.84 Å². The van der Waals surface area contributed by atoms with E-state index in [0.29, 0.717) is 5.06 Å². The molecule has 1 heterocycles. The summed E-state index contributed by atoms with van der Waals surface area (Å²) in [5.74, 6) is -5.28. The largest absolute Gasteiger partial charge is 0.331 e. The molecule has 0 aromatic heterocycles. The minimum Gasteiger partial charge on any atom is -0.331 e. The first-order valence-electron chi connectivity index (χ1n) is 5.82. The van der Waals surface area contributed by atoms with Gasteiger partial charge in [-0.2, -0.15) is 0 Å². The van der Waals surface area contributed by atoms with Crippen LogP contribution < -0.4 is 0 Å². The van der Waals surface area contributed by atoms with Crippen LogP contribution in [-0.2, 0) is 19.2 Å². The number of alkyl halides is 4. The lowest BCUT2D eigenvalue weighted by molar-refractivity contribution is -0.197. The number of hydrogen-bond donors (Lipinski definition) is 0. The summed E-state index contributed by atoms with van der Waals surface area (Å²) in [7, 11) is 0. The summed E-state index contributed by atoms with van der Waals surface area (Å²) >= 11 is 37.5. The second-order valence-electron chi connectivity index (χ2n) is 5.13. The van der Waals surface area contributed by atoms with Crippen molar-refractivity contribution in [1.29, 1.82) is 0 Å². The van der Waals surface area contributed by atoms with E-state index in [1.54, 1.807) is 0 Å². The van der Waals surface area contributed by atoms with Crippen molar-refractivity contribution in [2.75, 3.05) is 0 Å². The monoisotopic (exact) mass is 425 g/mol. The Morgan fingerprint density at radius 1 is 1.00 bits per heavy atom. The summed E-state index contributed by atoms with van der Waals surface area (Å²) in [5.41, 5.74) is 0. The molecule has 1 saturated carbocycles. The van der Waals surface area contributed by atoms with Crippen LogP contribution in [0.3, 0.4) is 0 Å². The third-order valence-electron chi connectivity index (χ3n) is 4.09. The summed E-state index contributed by atoms with van der Waals surface area (Å²) in [5, 5.41) is -0.111. The van der Waals surface area contributed by atoms with E-state index in [1.165, 1.54) is 0 Å². The molecule has 120 valence electrons. The van der Waals surface area contributed by atoms with Crippen molar-refractivity contribution < 1.29 is 19.2 Å². The summed E-state index contributed by atoms with van der Waals surface area (Å²) in [4.78, 5) is 36.8. The van der Waals surface area contributed by atoms with Crippen molar-refractivity contribution in [3.8, 4) is 0 Å². The Bertz CT molecular complexity index is 631. The maximum atomic E-state index is 12.5. The van der Waals surface area contributed by atoms with Gasteiger partial charge in [-0.1, -0.05) is 46.4 Å². The first kappa shape index (κ1) is 16.9. The van der Waals surface area contributed by atoms with Crippen molar-refractivity contribution in [3.05, 3.63) is 10.1 Å². The molecule has 2 amide bonds. The third kappa shape index (κ3) is 1.49. The fourth-order valence-corrected chi connectivity index (χ4v) is 6.12. The number of hydrogen-bond acceptors (Lipinski definition) is 4. The van der Waals surface area contributed by atoms with Crippen LogP contribution in [0.1, 0.15) is 6.92 Å². The Morgan fingerprint density at radius 2 is 1.36 bits per heavy atom. The lowest BCUT2D eigenvalue weighted by Crippen LogP contribution is -2.50. The maximum Gasteiger partial charge on any atom is 0.330 e. The van der Waals surface area contributed by atoms with E-state index >= 15 is 0 Å². The lowest BCUT2D eigenvalue weighted by Gasteiger charge is -2.34. The van der Waals surface area contributed by atoms with Crippen LogP contribution in [0.15, 0.2) is 10.1 Å². The molecule has 4 unspecified atom stereocenters. The van der Waals surface area contributed by atoms with Crippen LogP contribution in [0.4, 0.5) is 0 Å². The topological polar surface area (TPSA) is 63.7 Å². The fraction of sp³-hybridized carbons (Fsp3) is 0.545. The molecule has 2 bridgehead atoms. The van der Waals surface area contributed by atoms with Gasteiger partial charge in [0, 0.05) is 6.92 Å². The summed E-state index contributed by atoms with van der Waals surface area (Å²) in [6, 6.07) is 0. The van der Waals surface area contributed by atoms with Gasteiger partial charge in [0.05, 0.1) is 21.9 Å². The first-order valence-corrected chi connectivity index (χ1v) is 8.09. The second kappa shape index (κ2) is 4.58. The van der Waals surface area contributed by atoms with Crippen molar-refractivity contribution in [2.45, 2.75) is 21.0 Å². The molecule has 0 spiro atoms. The van der Waals surface area contributed by atoms with Gasteiger partial charge in [-0.05, 0) is 0 Å². The molecule has 0 radical (unpaired) electrons. The molecular weight excluding hydrogens is 423 g/mol. The Kier molecular flexibility index (Phi) is 3.53. The summed E-state index contributed by atoms with van der Waals surface area (Å²) < 4.78 is -2.00. The molecule has 3 aliphatic rings. The molecule has 1 saturated heterocycles. The van der Waals surface area contributed by atoms with Crippen LogP contribution in [0, 0.1) is 11.8 Å². The van der Waals surface area contributed by atoms with E-state index < -0.39 is 43.7 Å². The number of rotatable bonds is 1. The van der Waals surface area contributed by atoms with Crippen LogP contribution in [0.25, 0.3) is 0 Å². The molecule has 4 atom stereocenters. The molecule has 0 aromatic rings. The van der Waals surface area contributed by atoms with Crippen LogP contribution in [0.5, 0.6) is 0 Å². The molecule has 2 aliphatic carbocycles. The second-order valence-corrected chi connectivity index (χ2v) is 8.41. The highest BCUT2D eigenvalue weighted by atomic mass is 35.5. The molecule has 0 N–H and O–H groups in total. The molecule has 22 heavy (non-hydrogen) atoms. The predicted molar refractivity (Wildman–Crippen MR) is 80.9 cm³/mol. The van der Waals surface area contributed by atoms with Crippen LogP contribution in [-0.4, -0.2) is 36.9 Å². The standard InChI is InChI=1S/C11H5Cl6NO4/c1-2(19)22-18-7(20)3-4(8(18)21)10(15)6(13)5(12)9(3,14)11(10,16)17/h3-4H,1H3. The highest BCUT2D eigenvalue weighted by molar-refractivity contribution is 6.66. The minimum atomic E-state index is -2.00. The van der Waals surface area contributed by atoms with E-state index in [1.807, 2.05) is 0 Å². The Hall–Kier alpha value is 0.0900. The number of hydroxylamine groups is 2.